The highest BCUT2D eigenvalue weighted by Gasteiger charge is 2.25. The molecule has 1 atom stereocenters. The van der Waals surface area contributed by atoms with Crippen LogP contribution >= 0.6 is 0 Å². The summed E-state index contributed by atoms with van der Waals surface area (Å²) in [5.41, 5.74) is 3.97. The van der Waals surface area contributed by atoms with E-state index in [0.717, 1.165) is 60.0 Å². The van der Waals surface area contributed by atoms with Crippen LogP contribution in [0.2, 0.25) is 0 Å². The molecule has 0 bridgehead atoms. The molecule has 0 spiro atoms. The molecule has 0 unspecified atom stereocenters. The van der Waals surface area contributed by atoms with Gasteiger partial charge in [-0.05, 0) is 30.9 Å². The van der Waals surface area contributed by atoms with Gasteiger partial charge in [-0.2, -0.15) is 5.10 Å². The SMILES string of the molecule is COCC[C@@H]1CCN(c2nc3c(-c4cnn(C)c4)ccc(OC)c3[nH]2)C1. The van der Waals surface area contributed by atoms with Crippen molar-refractivity contribution >= 4 is 17.0 Å². The standard InChI is InChI=1S/C19H25N5O2/c1-23-12-14(10-20-23)15-4-5-16(26-3)18-17(15)21-19(22-18)24-8-6-13(11-24)7-9-25-2/h4-5,10,12-13H,6-9,11H2,1-3H3,(H,21,22)/t13-/m0/s1. The molecule has 1 aliphatic rings. The third-order valence-corrected chi connectivity index (χ3v) is 5.15. The summed E-state index contributed by atoms with van der Waals surface area (Å²) in [6, 6.07) is 4.03. The first-order valence-electron chi connectivity index (χ1n) is 8.99. The molecule has 0 radical (unpaired) electrons. The molecule has 0 saturated carbocycles. The van der Waals surface area contributed by atoms with Crippen LogP contribution in [0, 0.1) is 5.92 Å². The summed E-state index contributed by atoms with van der Waals surface area (Å²) in [6.07, 6.45) is 6.14. The van der Waals surface area contributed by atoms with Crippen molar-refractivity contribution in [1.29, 1.82) is 0 Å². The van der Waals surface area contributed by atoms with E-state index in [0.29, 0.717) is 5.92 Å². The maximum absolute atomic E-state index is 5.55. The van der Waals surface area contributed by atoms with E-state index in [4.69, 9.17) is 14.5 Å². The first kappa shape index (κ1) is 16.9. The first-order chi connectivity index (χ1) is 12.7. The zero-order valence-corrected chi connectivity index (χ0v) is 15.5. The van der Waals surface area contributed by atoms with Crippen LogP contribution in [0.3, 0.4) is 0 Å². The molecule has 7 nitrogen and oxygen atoms in total. The van der Waals surface area contributed by atoms with Gasteiger partial charge in [-0.3, -0.25) is 4.68 Å². The quantitative estimate of drug-likeness (QED) is 0.736. The number of anilines is 1. The Labute approximate surface area is 152 Å². The van der Waals surface area contributed by atoms with Crippen LogP contribution in [0.15, 0.2) is 24.5 Å². The van der Waals surface area contributed by atoms with E-state index < -0.39 is 0 Å². The number of H-pyrrole nitrogens is 1. The third-order valence-electron chi connectivity index (χ3n) is 5.15. The Bertz CT molecular complexity index is 901. The van der Waals surface area contributed by atoms with E-state index in [-0.39, 0.29) is 0 Å². The molecule has 2 aromatic heterocycles. The second kappa shape index (κ2) is 6.99. The molecule has 1 fully saturated rings. The molecule has 3 aromatic rings. The zero-order valence-electron chi connectivity index (χ0n) is 15.5. The number of ether oxygens (including phenoxy) is 2. The van der Waals surface area contributed by atoms with Crippen molar-refractivity contribution in [3.8, 4) is 16.9 Å². The van der Waals surface area contributed by atoms with Crippen molar-refractivity contribution in [1.82, 2.24) is 19.7 Å². The van der Waals surface area contributed by atoms with Gasteiger partial charge in [-0.25, -0.2) is 4.98 Å². The van der Waals surface area contributed by atoms with Crippen LogP contribution in [0.5, 0.6) is 5.75 Å². The van der Waals surface area contributed by atoms with E-state index in [1.807, 2.05) is 31.6 Å². The maximum atomic E-state index is 5.55. The fourth-order valence-corrected chi connectivity index (χ4v) is 3.71. The van der Waals surface area contributed by atoms with Gasteiger partial charge in [-0.1, -0.05) is 0 Å². The number of methoxy groups -OCH3 is 2. The molecule has 1 N–H and O–H groups in total. The van der Waals surface area contributed by atoms with Crippen molar-refractivity contribution in [3.05, 3.63) is 24.5 Å². The normalized spacial score (nSPS) is 17.3. The molecule has 26 heavy (non-hydrogen) atoms. The number of aryl methyl sites for hydroxylation is 1. The summed E-state index contributed by atoms with van der Waals surface area (Å²) >= 11 is 0. The second-order valence-electron chi connectivity index (χ2n) is 6.88. The van der Waals surface area contributed by atoms with Crippen LogP contribution in [0.4, 0.5) is 5.95 Å². The van der Waals surface area contributed by atoms with Crippen LogP contribution in [-0.2, 0) is 11.8 Å². The van der Waals surface area contributed by atoms with E-state index >= 15 is 0 Å². The topological polar surface area (TPSA) is 68.2 Å². The van der Waals surface area contributed by atoms with Crippen molar-refractivity contribution < 1.29 is 9.47 Å². The zero-order chi connectivity index (χ0) is 18.1. The van der Waals surface area contributed by atoms with Gasteiger partial charge in [0, 0.05) is 51.2 Å². The molecule has 1 saturated heterocycles. The Hall–Kier alpha value is -2.54. The van der Waals surface area contributed by atoms with E-state index in [2.05, 4.69) is 15.0 Å². The lowest BCUT2D eigenvalue weighted by molar-refractivity contribution is 0.180. The monoisotopic (exact) mass is 355 g/mol. The number of hydrogen-bond donors (Lipinski definition) is 1. The van der Waals surface area contributed by atoms with E-state index in [9.17, 15) is 0 Å². The highest BCUT2D eigenvalue weighted by molar-refractivity contribution is 5.96. The second-order valence-corrected chi connectivity index (χ2v) is 6.88. The number of rotatable bonds is 6. The number of aromatic amines is 1. The van der Waals surface area contributed by atoms with Crippen LogP contribution < -0.4 is 9.64 Å². The predicted octanol–water partition coefficient (Wildman–Crippen LogP) is 2.83. The largest absolute Gasteiger partial charge is 0.494 e. The van der Waals surface area contributed by atoms with Crippen molar-refractivity contribution in [2.75, 3.05) is 38.8 Å². The Morgan fingerprint density at radius 1 is 1.31 bits per heavy atom. The minimum atomic E-state index is 0.655. The van der Waals surface area contributed by atoms with Gasteiger partial charge in [0.2, 0.25) is 5.95 Å². The molecule has 0 aliphatic carbocycles. The van der Waals surface area contributed by atoms with Crippen LogP contribution in [-0.4, -0.2) is 53.7 Å². The minimum absolute atomic E-state index is 0.655. The molecule has 1 aromatic carbocycles. The minimum Gasteiger partial charge on any atom is -0.494 e. The Morgan fingerprint density at radius 2 is 2.19 bits per heavy atom. The number of aromatic nitrogens is 4. The summed E-state index contributed by atoms with van der Waals surface area (Å²) in [5.74, 6) is 2.37. The number of fused-ring (bicyclic) bond motifs is 1. The summed E-state index contributed by atoms with van der Waals surface area (Å²) in [4.78, 5) is 10.7. The summed E-state index contributed by atoms with van der Waals surface area (Å²) in [5, 5.41) is 4.29. The number of hydrogen-bond acceptors (Lipinski definition) is 5. The molecular weight excluding hydrogens is 330 g/mol. The van der Waals surface area contributed by atoms with Gasteiger partial charge in [0.15, 0.2) is 0 Å². The van der Waals surface area contributed by atoms with Gasteiger partial charge in [0.25, 0.3) is 0 Å². The summed E-state index contributed by atoms with van der Waals surface area (Å²) in [6.45, 7) is 2.84. The average Bonchev–Trinajstić information content (AvgIpc) is 3.37. The number of nitrogens with zero attached hydrogens (tertiary/aromatic N) is 4. The Balaban J connectivity index is 1.69. The summed E-state index contributed by atoms with van der Waals surface area (Å²) < 4.78 is 12.6. The molecule has 3 heterocycles. The van der Waals surface area contributed by atoms with Crippen LogP contribution in [0.1, 0.15) is 12.8 Å². The lowest BCUT2D eigenvalue weighted by atomic mass is 10.1. The third kappa shape index (κ3) is 3.03. The Kier molecular flexibility index (Phi) is 4.55. The van der Waals surface area contributed by atoms with E-state index in [1.54, 1.807) is 18.9 Å². The highest BCUT2D eigenvalue weighted by atomic mass is 16.5. The molecule has 7 heteroatoms. The van der Waals surface area contributed by atoms with Crippen molar-refractivity contribution in [2.45, 2.75) is 12.8 Å². The summed E-state index contributed by atoms with van der Waals surface area (Å²) in [7, 11) is 5.37. The molecule has 4 rings (SSSR count). The fraction of sp³-hybridized carbons (Fsp3) is 0.474. The smallest absolute Gasteiger partial charge is 0.203 e. The number of nitrogens with one attached hydrogen (secondary N) is 1. The van der Waals surface area contributed by atoms with Gasteiger partial charge >= 0.3 is 0 Å². The number of imidazole rings is 1. The van der Waals surface area contributed by atoms with Gasteiger partial charge in [0.1, 0.15) is 16.8 Å². The molecule has 0 amide bonds. The van der Waals surface area contributed by atoms with Gasteiger partial charge in [-0.15, -0.1) is 0 Å². The molecule has 138 valence electrons. The van der Waals surface area contributed by atoms with Gasteiger partial charge in [0.05, 0.1) is 13.3 Å². The highest BCUT2D eigenvalue weighted by Crippen LogP contribution is 2.35. The molecule has 1 aliphatic heterocycles. The Morgan fingerprint density at radius 3 is 2.92 bits per heavy atom. The molecular formula is C19H25N5O2. The van der Waals surface area contributed by atoms with E-state index in [1.165, 1.54) is 6.42 Å². The van der Waals surface area contributed by atoms with Gasteiger partial charge < -0.3 is 19.4 Å². The predicted molar refractivity (Wildman–Crippen MR) is 102 cm³/mol. The van der Waals surface area contributed by atoms with Crippen molar-refractivity contribution in [3.63, 3.8) is 0 Å². The first-order valence-corrected chi connectivity index (χ1v) is 8.99. The fourth-order valence-electron chi connectivity index (χ4n) is 3.71. The lowest BCUT2D eigenvalue weighted by Crippen LogP contribution is -2.21. The van der Waals surface area contributed by atoms with Crippen molar-refractivity contribution in [2.24, 2.45) is 13.0 Å². The lowest BCUT2D eigenvalue weighted by Gasteiger charge is -2.14. The average molecular weight is 355 g/mol. The van der Waals surface area contributed by atoms with Crippen LogP contribution in [0.25, 0.3) is 22.2 Å². The number of benzene rings is 1. The maximum Gasteiger partial charge on any atom is 0.203 e.